The summed E-state index contributed by atoms with van der Waals surface area (Å²) in [6.45, 7) is 1.32. The standard InChI is InChI=1S/C27H22F3N5O4S/c1-14(36)33-18-11-20(34-23(12-18)35-22-10-17(6-8-31-22)27(28,29)30)21-13-32-25(40-21)26(39)7-2-3-15-9-16(24(37)38)4-5-19(15)26/h4-6,8-13,39H,2-3,7H2,1H3,(H,37,38)(H2,31,33,34,35,36). The van der Waals surface area contributed by atoms with Crippen molar-refractivity contribution in [2.75, 3.05) is 10.6 Å². The van der Waals surface area contributed by atoms with Crippen LogP contribution in [0, 0.1) is 0 Å². The van der Waals surface area contributed by atoms with Crippen molar-refractivity contribution in [1.82, 2.24) is 15.0 Å². The molecule has 0 aliphatic heterocycles. The van der Waals surface area contributed by atoms with Crippen LogP contribution in [0.2, 0.25) is 0 Å². The molecule has 5 rings (SSSR count). The first-order valence-electron chi connectivity index (χ1n) is 12.1. The minimum absolute atomic E-state index is 0.0907. The van der Waals surface area contributed by atoms with Crippen LogP contribution < -0.4 is 10.6 Å². The number of halogens is 3. The molecular formula is C27H22F3N5O4S. The van der Waals surface area contributed by atoms with Crippen LogP contribution in [0.5, 0.6) is 0 Å². The fourth-order valence-corrected chi connectivity index (χ4v) is 5.62. The molecule has 1 aliphatic carbocycles. The van der Waals surface area contributed by atoms with E-state index in [1.165, 1.54) is 36.6 Å². The number of hydrogen-bond acceptors (Lipinski definition) is 8. The predicted octanol–water partition coefficient (Wildman–Crippen LogP) is 5.59. The maximum Gasteiger partial charge on any atom is 0.416 e. The van der Waals surface area contributed by atoms with Crippen LogP contribution in [0.4, 0.5) is 30.5 Å². The summed E-state index contributed by atoms with van der Waals surface area (Å²) in [5.74, 6) is -1.37. The summed E-state index contributed by atoms with van der Waals surface area (Å²) in [6, 6.07) is 9.37. The van der Waals surface area contributed by atoms with Gasteiger partial charge in [-0.2, -0.15) is 13.2 Å². The second kappa shape index (κ2) is 10.3. The van der Waals surface area contributed by atoms with Crippen LogP contribution in [0.25, 0.3) is 10.6 Å². The summed E-state index contributed by atoms with van der Waals surface area (Å²) in [5.41, 5.74) is -0.177. The first-order chi connectivity index (χ1) is 18.9. The maximum absolute atomic E-state index is 13.2. The number of aryl methyl sites for hydroxylation is 1. The zero-order valence-electron chi connectivity index (χ0n) is 20.9. The van der Waals surface area contributed by atoms with Gasteiger partial charge in [0.25, 0.3) is 0 Å². The Morgan fingerprint density at radius 1 is 1.07 bits per heavy atom. The first-order valence-corrected chi connectivity index (χ1v) is 12.9. The summed E-state index contributed by atoms with van der Waals surface area (Å²) in [4.78, 5) is 36.6. The molecule has 0 saturated carbocycles. The lowest BCUT2D eigenvalue weighted by atomic mass is 9.79. The molecule has 0 bridgehead atoms. The summed E-state index contributed by atoms with van der Waals surface area (Å²) < 4.78 is 39.5. The third-order valence-corrected chi connectivity index (χ3v) is 7.55. The number of aromatic nitrogens is 3. The lowest BCUT2D eigenvalue weighted by Crippen LogP contribution is -2.32. The lowest BCUT2D eigenvalue weighted by molar-refractivity contribution is -0.137. The second-order valence-corrected chi connectivity index (χ2v) is 10.3. The van der Waals surface area contributed by atoms with E-state index >= 15 is 0 Å². The number of carboxylic acids is 1. The number of nitrogens with zero attached hydrogens (tertiary/aromatic N) is 3. The number of pyridine rings is 2. The molecular weight excluding hydrogens is 547 g/mol. The SMILES string of the molecule is CC(=O)Nc1cc(Nc2cc(C(F)(F)F)ccn2)nc(-c2cnc(C3(O)CCCc4cc(C(=O)O)ccc43)s2)c1. The molecule has 1 aliphatic rings. The Hall–Kier alpha value is -4.36. The maximum atomic E-state index is 13.2. The number of thiazole rings is 1. The number of fused-ring (bicyclic) bond motifs is 1. The second-order valence-electron chi connectivity index (χ2n) is 9.28. The number of carbonyl (C=O) groups is 2. The lowest BCUT2D eigenvalue weighted by Gasteiger charge is -2.33. The third-order valence-electron chi connectivity index (χ3n) is 6.38. The number of carbonyl (C=O) groups excluding carboxylic acids is 1. The van der Waals surface area contributed by atoms with Gasteiger partial charge in [0.2, 0.25) is 5.91 Å². The van der Waals surface area contributed by atoms with Gasteiger partial charge in [0, 0.05) is 31.1 Å². The highest BCUT2D eigenvalue weighted by molar-refractivity contribution is 7.15. The van der Waals surface area contributed by atoms with E-state index in [9.17, 15) is 33.0 Å². The van der Waals surface area contributed by atoms with E-state index in [2.05, 4.69) is 25.6 Å². The number of aromatic carboxylic acids is 1. The molecule has 1 unspecified atom stereocenters. The van der Waals surface area contributed by atoms with Crippen LogP contribution in [0.1, 0.15) is 51.8 Å². The molecule has 4 N–H and O–H groups in total. The molecule has 4 aromatic rings. The molecule has 3 aromatic heterocycles. The van der Waals surface area contributed by atoms with Gasteiger partial charge in [-0.3, -0.25) is 4.79 Å². The number of hydrogen-bond donors (Lipinski definition) is 4. The van der Waals surface area contributed by atoms with Crippen molar-refractivity contribution in [3.05, 3.63) is 82.1 Å². The average Bonchev–Trinajstić information content (AvgIpc) is 3.39. The van der Waals surface area contributed by atoms with Crippen LogP contribution in [0.15, 0.2) is 54.9 Å². The monoisotopic (exact) mass is 569 g/mol. The largest absolute Gasteiger partial charge is 0.478 e. The number of alkyl halides is 3. The van der Waals surface area contributed by atoms with Crippen LogP contribution in [-0.2, 0) is 23.0 Å². The topological polar surface area (TPSA) is 137 Å². The van der Waals surface area contributed by atoms with Crippen molar-refractivity contribution in [2.24, 2.45) is 0 Å². The van der Waals surface area contributed by atoms with Gasteiger partial charge < -0.3 is 20.8 Å². The number of anilines is 3. The van der Waals surface area contributed by atoms with E-state index in [0.717, 1.165) is 23.9 Å². The van der Waals surface area contributed by atoms with Gasteiger partial charge in [0.15, 0.2) is 0 Å². The van der Waals surface area contributed by atoms with E-state index in [1.807, 2.05) is 0 Å². The molecule has 1 amide bonds. The fourth-order valence-electron chi connectivity index (χ4n) is 4.61. The minimum Gasteiger partial charge on any atom is -0.478 e. The Kier molecular flexibility index (Phi) is 7.02. The number of carboxylic acid groups (broad SMARTS) is 1. The highest BCUT2D eigenvalue weighted by Crippen LogP contribution is 2.44. The molecule has 9 nitrogen and oxygen atoms in total. The number of aliphatic hydroxyl groups is 1. The molecule has 0 radical (unpaired) electrons. The van der Waals surface area contributed by atoms with Gasteiger partial charge in [-0.15, -0.1) is 11.3 Å². The summed E-state index contributed by atoms with van der Waals surface area (Å²) in [6.07, 6.45) is -0.383. The molecule has 13 heteroatoms. The molecule has 1 atom stereocenters. The van der Waals surface area contributed by atoms with Gasteiger partial charge in [-0.1, -0.05) is 6.07 Å². The Labute approximate surface area is 229 Å². The number of benzene rings is 1. The van der Waals surface area contributed by atoms with Crippen molar-refractivity contribution < 1.29 is 33.0 Å². The van der Waals surface area contributed by atoms with E-state index in [1.54, 1.807) is 18.2 Å². The fraction of sp³-hybridized carbons (Fsp3) is 0.222. The molecule has 0 spiro atoms. The quantitative estimate of drug-likeness (QED) is 0.236. The Morgan fingerprint density at radius 3 is 2.60 bits per heavy atom. The van der Waals surface area contributed by atoms with Crippen LogP contribution in [0.3, 0.4) is 0 Å². The number of amides is 1. The van der Waals surface area contributed by atoms with Gasteiger partial charge in [0.05, 0.1) is 21.7 Å². The van der Waals surface area contributed by atoms with Crippen LogP contribution >= 0.6 is 11.3 Å². The predicted molar refractivity (Wildman–Crippen MR) is 142 cm³/mol. The van der Waals surface area contributed by atoms with Crippen molar-refractivity contribution in [2.45, 2.75) is 38.0 Å². The van der Waals surface area contributed by atoms with Crippen molar-refractivity contribution in [3.8, 4) is 10.6 Å². The zero-order chi connectivity index (χ0) is 28.7. The molecule has 0 saturated heterocycles. The molecule has 0 fully saturated rings. The van der Waals surface area contributed by atoms with Gasteiger partial charge in [-0.25, -0.2) is 19.7 Å². The van der Waals surface area contributed by atoms with Gasteiger partial charge >= 0.3 is 12.1 Å². The molecule has 1 aromatic carbocycles. The van der Waals surface area contributed by atoms with E-state index < -0.39 is 23.3 Å². The Morgan fingerprint density at radius 2 is 1.88 bits per heavy atom. The number of nitrogens with one attached hydrogen (secondary N) is 2. The average molecular weight is 570 g/mol. The van der Waals surface area contributed by atoms with E-state index in [-0.39, 0.29) is 23.1 Å². The molecule has 40 heavy (non-hydrogen) atoms. The van der Waals surface area contributed by atoms with Crippen LogP contribution in [-0.4, -0.2) is 37.0 Å². The number of rotatable bonds is 6. The highest BCUT2D eigenvalue weighted by Gasteiger charge is 2.39. The smallest absolute Gasteiger partial charge is 0.416 e. The van der Waals surface area contributed by atoms with Crippen molar-refractivity contribution in [3.63, 3.8) is 0 Å². The highest BCUT2D eigenvalue weighted by atomic mass is 32.1. The van der Waals surface area contributed by atoms with E-state index in [0.29, 0.717) is 46.1 Å². The van der Waals surface area contributed by atoms with Gasteiger partial charge in [-0.05, 0) is 60.7 Å². The minimum atomic E-state index is -4.55. The first kappa shape index (κ1) is 27.2. The normalized spacial score (nSPS) is 16.7. The van der Waals surface area contributed by atoms with Gasteiger partial charge in [0.1, 0.15) is 22.2 Å². The molecule has 206 valence electrons. The zero-order valence-corrected chi connectivity index (χ0v) is 21.7. The summed E-state index contributed by atoms with van der Waals surface area (Å²) in [5, 5.41) is 26.8. The summed E-state index contributed by atoms with van der Waals surface area (Å²) >= 11 is 1.17. The van der Waals surface area contributed by atoms with E-state index in [4.69, 9.17) is 0 Å². The summed E-state index contributed by atoms with van der Waals surface area (Å²) in [7, 11) is 0. The van der Waals surface area contributed by atoms with Crippen molar-refractivity contribution in [1.29, 1.82) is 0 Å². The Bertz CT molecular complexity index is 1620. The van der Waals surface area contributed by atoms with Crippen molar-refractivity contribution >= 4 is 40.5 Å². The third kappa shape index (κ3) is 5.51. The Balaban J connectivity index is 1.51. The molecule has 3 heterocycles.